The van der Waals surface area contributed by atoms with E-state index in [1.165, 1.54) is 6.33 Å². The van der Waals surface area contributed by atoms with E-state index in [9.17, 15) is 4.79 Å². The molecule has 0 radical (unpaired) electrons. The molecule has 0 saturated carbocycles. The van der Waals surface area contributed by atoms with Crippen LogP contribution in [0.2, 0.25) is 0 Å². The Labute approximate surface area is 91.2 Å². The third kappa shape index (κ3) is 1.94. The molecule has 0 atom stereocenters. The lowest BCUT2D eigenvalue weighted by Gasteiger charge is -2.05. The van der Waals surface area contributed by atoms with Crippen LogP contribution in [0.5, 0.6) is 0 Å². The number of hydrogen-bond donors (Lipinski definition) is 4. The second-order valence-corrected chi connectivity index (χ2v) is 3.28. The molecule has 0 unspecified atom stereocenters. The van der Waals surface area contributed by atoms with Crippen LogP contribution < -0.4 is 16.8 Å². The number of imidazole rings is 1. The largest absolute Gasteiger partial charge is 0.384 e. The smallest absolute Gasteiger partial charge is 0.225 e. The van der Waals surface area contributed by atoms with E-state index in [1.54, 1.807) is 6.07 Å². The molecule has 2 aromatic rings. The summed E-state index contributed by atoms with van der Waals surface area (Å²) in [5, 5.41) is 2.70. The zero-order valence-electron chi connectivity index (χ0n) is 8.53. The average molecular weight is 220 g/mol. The van der Waals surface area contributed by atoms with Crippen molar-refractivity contribution in [3.8, 4) is 0 Å². The van der Waals surface area contributed by atoms with Crippen LogP contribution >= 0.6 is 0 Å². The van der Waals surface area contributed by atoms with Crippen LogP contribution in [-0.2, 0) is 4.79 Å². The highest BCUT2D eigenvalue weighted by molar-refractivity contribution is 5.99. The summed E-state index contributed by atoms with van der Waals surface area (Å²) in [7, 11) is 0. The summed E-state index contributed by atoms with van der Waals surface area (Å²) < 4.78 is 0. The lowest BCUT2D eigenvalue weighted by Crippen LogP contribution is -2.16. The van der Waals surface area contributed by atoms with E-state index in [0.717, 1.165) is 0 Å². The fourth-order valence-corrected chi connectivity index (χ4v) is 1.39. The zero-order chi connectivity index (χ0) is 11.5. The molecule has 16 heavy (non-hydrogen) atoms. The normalized spacial score (nSPS) is 10.6. The number of hydrogen-bond acceptors (Lipinski definition) is 5. The number of nitrogen functional groups attached to an aromatic ring is 1. The van der Waals surface area contributed by atoms with E-state index in [-0.39, 0.29) is 12.3 Å². The van der Waals surface area contributed by atoms with Gasteiger partial charge in [-0.1, -0.05) is 0 Å². The minimum Gasteiger partial charge on any atom is -0.384 e. The molecule has 7 nitrogen and oxygen atoms in total. The monoisotopic (exact) mass is 220 g/mol. The van der Waals surface area contributed by atoms with Gasteiger partial charge in [0.25, 0.3) is 0 Å². The Morgan fingerprint density at radius 3 is 3.12 bits per heavy atom. The van der Waals surface area contributed by atoms with Crippen molar-refractivity contribution < 1.29 is 4.79 Å². The van der Waals surface area contributed by atoms with Gasteiger partial charge in [0.2, 0.25) is 5.91 Å². The molecular formula is C9H12N6O. The van der Waals surface area contributed by atoms with Crippen LogP contribution in [0.3, 0.4) is 0 Å². The van der Waals surface area contributed by atoms with Crippen molar-refractivity contribution in [2.45, 2.75) is 6.42 Å². The standard InChI is InChI=1S/C9H12N6O/c10-2-1-7(16)14-5-3-6(11)15-9-8(5)12-4-13-9/h3-4H,1-2,10H2,(H4,11,12,13,14,15,16). The van der Waals surface area contributed by atoms with Gasteiger partial charge in [0.15, 0.2) is 5.65 Å². The van der Waals surface area contributed by atoms with Crippen molar-refractivity contribution in [2.24, 2.45) is 5.73 Å². The molecule has 0 bridgehead atoms. The number of carbonyl (C=O) groups excluding carboxylic acids is 1. The second kappa shape index (κ2) is 4.15. The number of amides is 1. The third-order valence-electron chi connectivity index (χ3n) is 2.06. The minimum atomic E-state index is -0.163. The molecule has 1 amide bonds. The van der Waals surface area contributed by atoms with E-state index < -0.39 is 0 Å². The summed E-state index contributed by atoms with van der Waals surface area (Å²) in [4.78, 5) is 22.3. The zero-order valence-corrected chi connectivity index (χ0v) is 8.53. The lowest BCUT2D eigenvalue weighted by atomic mass is 10.3. The molecule has 2 aromatic heterocycles. The van der Waals surface area contributed by atoms with Crippen molar-refractivity contribution in [1.29, 1.82) is 0 Å². The first kappa shape index (κ1) is 10.4. The van der Waals surface area contributed by atoms with Crippen LogP contribution in [-0.4, -0.2) is 27.4 Å². The number of anilines is 2. The van der Waals surface area contributed by atoms with E-state index in [2.05, 4.69) is 20.3 Å². The number of rotatable bonds is 3. The predicted octanol–water partition coefficient (Wildman–Crippen LogP) is -0.173. The van der Waals surface area contributed by atoms with Gasteiger partial charge in [-0.05, 0) is 0 Å². The summed E-state index contributed by atoms with van der Waals surface area (Å²) >= 11 is 0. The van der Waals surface area contributed by atoms with Gasteiger partial charge in [0.1, 0.15) is 11.3 Å². The van der Waals surface area contributed by atoms with Crippen LogP contribution in [0.1, 0.15) is 6.42 Å². The van der Waals surface area contributed by atoms with Crippen LogP contribution in [0.15, 0.2) is 12.4 Å². The van der Waals surface area contributed by atoms with Crippen molar-refractivity contribution >= 4 is 28.6 Å². The number of aromatic amines is 1. The first-order valence-electron chi connectivity index (χ1n) is 4.80. The Bertz CT molecular complexity index is 520. The van der Waals surface area contributed by atoms with E-state index in [1.807, 2.05) is 0 Å². The van der Waals surface area contributed by atoms with Gasteiger partial charge >= 0.3 is 0 Å². The number of carbonyl (C=O) groups is 1. The Morgan fingerprint density at radius 1 is 1.56 bits per heavy atom. The van der Waals surface area contributed by atoms with E-state index in [4.69, 9.17) is 11.5 Å². The van der Waals surface area contributed by atoms with Gasteiger partial charge in [0, 0.05) is 19.0 Å². The van der Waals surface area contributed by atoms with Crippen molar-refractivity contribution in [3.63, 3.8) is 0 Å². The first-order valence-corrected chi connectivity index (χ1v) is 4.80. The molecule has 2 rings (SSSR count). The van der Waals surface area contributed by atoms with Gasteiger partial charge in [-0.15, -0.1) is 0 Å². The van der Waals surface area contributed by atoms with E-state index in [0.29, 0.717) is 29.2 Å². The highest BCUT2D eigenvalue weighted by atomic mass is 16.1. The van der Waals surface area contributed by atoms with Gasteiger partial charge in [0.05, 0.1) is 12.0 Å². The minimum absolute atomic E-state index is 0.163. The molecular weight excluding hydrogens is 208 g/mol. The van der Waals surface area contributed by atoms with Crippen molar-refractivity contribution in [2.75, 3.05) is 17.6 Å². The molecule has 0 spiro atoms. The summed E-state index contributed by atoms with van der Waals surface area (Å²) in [5.74, 6) is 0.145. The number of nitrogens with one attached hydrogen (secondary N) is 2. The molecule has 0 aliphatic rings. The van der Waals surface area contributed by atoms with Gasteiger partial charge < -0.3 is 21.8 Å². The molecule has 84 valence electrons. The molecule has 0 fully saturated rings. The second-order valence-electron chi connectivity index (χ2n) is 3.28. The average Bonchev–Trinajstić information content (AvgIpc) is 2.65. The number of nitrogens with zero attached hydrogens (tertiary/aromatic N) is 2. The first-order chi connectivity index (χ1) is 7.70. The highest BCUT2D eigenvalue weighted by Crippen LogP contribution is 2.20. The SMILES string of the molecule is NCCC(=O)Nc1cc(N)nc2nc[nH]c12. The summed E-state index contributed by atoms with van der Waals surface area (Å²) in [5.41, 5.74) is 12.6. The maximum absolute atomic E-state index is 11.4. The lowest BCUT2D eigenvalue weighted by molar-refractivity contribution is -0.116. The maximum Gasteiger partial charge on any atom is 0.225 e. The maximum atomic E-state index is 11.4. The molecule has 0 aliphatic heterocycles. The third-order valence-corrected chi connectivity index (χ3v) is 2.06. The molecule has 2 heterocycles. The van der Waals surface area contributed by atoms with Crippen LogP contribution in [0, 0.1) is 0 Å². The Morgan fingerprint density at radius 2 is 2.38 bits per heavy atom. The van der Waals surface area contributed by atoms with E-state index >= 15 is 0 Å². The van der Waals surface area contributed by atoms with Crippen LogP contribution in [0.25, 0.3) is 11.2 Å². The van der Waals surface area contributed by atoms with Gasteiger partial charge in [-0.25, -0.2) is 9.97 Å². The van der Waals surface area contributed by atoms with Crippen LogP contribution in [0.4, 0.5) is 11.5 Å². The molecule has 6 N–H and O–H groups in total. The fraction of sp³-hybridized carbons (Fsp3) is 0.222. The van der Waals surface area contributed by atoms with Crippen molar-refractivity contribution in [1.82, 2.24) is 15.0 Å². The Hall–Kier alpha value is -2.15. The van der Waals surface area contributed by atoms with Gasteiger partial charge in [-0.2, -0.15) is 0 Å². The van der Waals surface area contributed by atoms with Gasteiger partial charge in [-0.3, -0.25) is 4.79 Å². The number of pyridine rings is 1. The predicted molar refractivity (Wildman–Crippen MR) is 60.6 cm³/mol. The molecule has 0 aliphatic carbocycles. The summed E-state index contributed by atoms with van der Waals surface area (Å²) in [6.07, 6.45) is 1.76. The Balaban J connectivity index is 2.35. The molecule has 0 aromatic carbocycles. The number of nitrogens with two attached hydrogens (primary N) is 2. The number of H-pyrrole nitrogens is 1. The Kier molecular flexibility index (Phi) is 2.69. The summed E-state index contributed by atoms with van der Waals surface area (Å²) in [6.45, 7) is 0.304. The fourth-order valence-electron chi connectivity index (χ4n) is 1.39. The van der Waals surface area contributed by atoms with Crippen molar-refractivity contribution in [3.05, 3.63) is 12.4 Å². The highest BCUT2D eigenvalue weighted by Gasteiger charge is 2.09. The number of fused-ring (bicyclic) bond motifs is 1. The summed E-state index contributed by atoms with van der Waals surface area (Å²) in [6, 6.07) is 1.58. The quantitative estimate of drug-likeness (QED) is 0.571. The molecule has 7 heteroatoms. The topological polar surface area (TPSA) is 123 Å². The number of aromatic nitrogens is 3. The molecule has 0 saturated heterocycles.